The Balaban J connectivity index is 1.89. The quantitative estimate of drug-likeness (QED) is 0.812. The number of rotatable bonds is 2. The van der Waals surface area contributed by atoms with Crippen molar-refractivity contribution in [2.24, 2.45) is 7.05 Å². The van der Waals surface area contributed by atoms with Crippen LogP contribution in [0.15, 0.2) is 35.7 Å². The van der Waals surface area contributed by atoms with Gasteiger partial charge in [-0.15, -0.1) is 0 Å². The van der Waals surface area contributed by atoms with E-state index < -0.39 is 10.0 Å². The zero-order chi connectivity index (χ0) is 14.6. The number of nitrogens with zero attached hydrogens (tertiary/aromatic N) is 5. The lowest BCUT2D eigenvalue weighted by Gasteiger charge is -2.36. The van der Waals surface area contributed by atoms with Crippen molar-refractivity contribution >= 4 is 21.4 Å². The molecule has 0 aliphatic carbocycles. The highest BCUT2D eigenvalue weighted by Crippen LogP contribution is 2.41. The second kappa shape index (κ2) is 4.20. The summed E-state index contributed by atoms with van der Waals surface area (Å²) in [6.07, 6.45) is 5.83. The van der Waals surface area contributed by atoms with E-state index in [-0.39, 0.29) is 11.1 Å². The minimum atomic E-state index is -3.64. The van der Waals surface area contributed by atoms with Gasteiger partial charge in [0.2, 0.25) is 0 Å². The van der Waals surface area contributed by atoms with Crippen LogP contribution in [0.4, 0.5) is 11.4 Å². The van der Waals surface area contributed by atoms with Crippen LogP contribution >= 0.6 is 0 Å². The van der Waals surface area contributed by atoms with Crippen LogP contribution in [0, 0.1) is 0 Å². The highest BCUT2D eigenvalue weighted by molar-refractivity contribution is 7.92. The number of aromatic nitrogens is 3. The van der Waals surface area contributed by atoms with E-state index >= 15 is 0 Å². The van der Waals surface area contributed by atoms with Gasteiger partial charge < -0.3 is 4.90 Å². The summed E-state index contributed by atoms with van der Waals surface area (Å²) in [5.74, 6) is 0. The van der Waals surface area contributed by atoms with Gasteiger partial charge in [-0.2, -0.15) is 13.5 Å². The summed E-state index contributed by atoms with van der Waals surface area (Å²) in [5.41, 5.74) is 1.58. The number of hydrogen-bond acceptors (Lipinski definition) is 5. The van der Waals surface area contributed by atoms with Gasteiger partial charge in [0.05, 0.1) is 23.6 Å². The Morgan fingerprint density at radius 1 is 1.29 bits per heavy atom. The first-order valence-corrected chi connectivity index (χ1v) is 8.24. The van der Waals surface area contributed by atoms with E-state index in [9.17, 15) is 8.42 Å². The Morgan fingerprint density at radius 2 is 2.14 bits per heavy atom. The van der Waals surface area contributed by atoms with Gasteiger partial charge >= 0.3 is 0 Å². The topological polar surface area (TPSA) is 71.3 Å². The molecule has 0 radical (unpaired) electrons. The van der Waals surface area contributed by atoms with Crippen LogP contribution < -0.4 is 9.21 Å². The first kappa shape index (κ1) is 12.6. The van der Waals surface area contributed by atoms with Gasteiger partial charge in [-0.3, -0.25) is 14.0 Å². The molecular formula is C13H15N5O2S. The van der Waals surface area contributed by atoms with Crippen LogP contribution in [-0.2, 0) is 17.1 Å². The molecule has 2 aromatic rings. The summed E-state index contributed by atoms with van der Waals surface area (Å²) in [7, 11) is -1.93. The van der Waals surface area contributed by atoms with Crippen LogP contribution in [0.3, 0.4) is 0 Å². The average molecular weight is 305 g/mol. The minimum Gasteiger partial charge on any atom is -0.366 e. The van der Waals surface area contributed by atoms with Crippen molar-refractivity contribution in [3.05, 3.63) is 30.7 Å². The van der Waals surface area contributed by atoms with Crippen LogP contribution in [0.25, 0.3) is 0 Å². The third kappa shape index (κ3) is 1.75. The monoisotopic (exact) mass is 305 g/mol. The predicted octanol–water partition coefficient (Wildman–Crippen LogP) is 0.603. The molecule has 0 spiro atoms. The average Bonchev–Trinajstić information content (AvgIpc) is 3.07. The predicted molar refractivity (Wildman–Crippen MR) is 77.7 cm³/mol. The molecule has 21 heavy (non-hydrogen) atoms. The number of pyridine rings is 1. The Kier molecular flexibility index (Phi) is 2.53. The van der Waals surface area contributed by atoms with E-state index in [1.165, 1.54) is 15.1 Å². The van der Waals surface area contributed by atoms with Gasteiger partial charge in [0.25, 0.3) is 10.0 Å². The maximum Gasteiger partial charge on any atom is 0.284 e. The second-order valence-corrected chi connectivity index (χ2v) is 7.14. The zero-order valence-electron chi connectivity index (χ0n) is 11.5. The molecule has 4 rings (SSSR count). The van der Waals surface area contributed by atoms with Gasteiger partial charge in [-0.1, -0.05) is 0 Å². The summed E-state index contributed by atoms with van der Waals surface area (Å²) in [4.78, 5) is 6.32. The number of anilines is 2. The Labute approximate surface area is 122 Å². The van der Waals surface area contributed by atoms with E-state index in [2.05, 4.69) is 15.0 Å². The molecule has 8 heteroatoms. The molecule has 0 saturated carbocycles. The van der Waals surface area contributed by atoms with Crippen LogP contribution in [0.5, 0.6) is 0 Å². The van der Waals surface area contributed by atoms with Gasteiger partial charge in [0, 0.05) is 32.5 Å². The van der Waals surface area contributed by atoms with Crippen molar-refractivity contribution in [2.75, 3.05) is 22.3 Å². The summed E-state index contributed by atoms with van der Waals surface area (Å²) >= 11 is 0. The lowest BCUT2D eigenvalue weighted by molar-refractivity contribution is 0.571. The fourth-order valence-corrected chi connectivity index (χ4v) is 4.76. The normalized spacial score (nSPS) is 20.7. The van der Waals surface area contributed by atoms with Crippen LogP contribution in [0.1, 0.15) is 6.42 Å². The lowest BCUT2D eigenvalue weighted by Crippen LogP contribution is -2.46. The van der Waals surface area contributed by atoms with E-state index in [0.29, 0.717) is 12.2 Å². The third-order valence-corrected chi connectivity index (χ3v) is 5.82. The van der Waals surface area contributed by atoms with Crippen molar-refractivity contribution in [1.82, 2.24) is 14.8 Å². The molecule has 2 aliphatic rings. The Morgan fingerprint density at radius 3 is 2.90 bits per heavy atom. The largest absolute Gasteiger partial charge is 0.366 e. The van der Waals surface area contributed by atoms with Gasteiger partial charge in [0.1, 0.15) is 0 Å². The number of aryl methyl sites for hydroxylation is 1. The third-order valence-electron chi connectivity index (χ3n) is 4.06. The van der Waals surface area contributed by atoms with Crippen molar-refractivity contribution in [3.63, 3.8) is 0 Å². The molecular weight excluding hydrogens is 290 g/mol. The summed E-state index contributed by atoms with van der Waals surface area (Å²) in [5, 5.41) is 4.16. The molecule has 1 fully saturated rings. The molecule has 2 aliphatic heterocycles. The maximum absolute atomic E-state index is 13.0. The van der Waals surface area contributed by atoms with E-state index in [1.807, 2.05) is 0 Å². The van der Waals surface area contributed by atoms with Gasteiger partial charge in [0.15, 0.2) is 5.03 Å². The number of sulfonamides is 1. The summed E-state index contributed by atoms with van der Waals surface area (Å²) in [6, 6.07) is 3.27. The van der Waals surface area contributed by atoms with Crippen molar-refractivity contribution < 1.29 is 8.42 Å². The zero-order valence-corrected chi connectivity index (χ0v) is 12.4. The molecule has 0 N–H and O–H groups in total. The van der Waals surface area contributed by atoms with Crippen LogP contribution in [0.2, 0.25) is 0 Å². The second-order valence-electron chi connectivity index (χ2n) is 5.38. The summed E-state index contributed by atoms with van der Waals surface area (Å²) in [6.45, 7) is 1.57. The molecule has 0 amide bonds. The van der Waals surface area contributed by atoms with Crippen molar-refractivity contribution in [1.29, 1.82) is 0 Å². The highest BCUT2D eigenvalue weighted by Gasteiger charge is 2.43. The lowest BCUT2D eigenvalue weighted by atomic mass is 10.2. The summed E-state index contributed by atoms with van der Waals surface area (Å²) < 4.78 is 29.0. The molecule has 1 unspecified atom stereocenters. The van der Waals surface area contributed by atoms with E-state index in [0.717, 1.165) is 18.7 Å². The van der Waals surface area contributed by atoms with E-state index in [1.54, 1.807) is 31.7 Å². The number of fused-ring (bicyclic) bond motifs is 4. The Hall–Kier alpha value is -2.09. The molecule has 0 aromatic carbocycles. The molecule has 4 heterocycles. The first-order chi connectivity index (χ1) is 10.1. The molecule has 1 saturated heterocycles. The molecule has 110 valence electrons. The number of hydrogen-bond donors (Lipinski definition) is 0. The molecule has 7 nitrogen and oxygen atoms in total. The fourth-order valence-electron chi connectivity index (χ4n) is 3.12. The van der Waals surface area contributed by atoms with Crippen molar-refractivity contribution in [2.45, 2.75) is 17.5 Å². The van der Waals surface area contributed by atoms with Gasteiger partial charge in [-0.05, 0) is 18.6 Å². The molecule has 2 bridgehead atoms. The maximum atomic E-state index is 13.0. The SMILES string of the molecule is Cn1ccc(S(=O)(=O)N2c3ccncc3N3CCC2C3)n1. The first-order valence-electron chi connectivity index (χ1n) is 6.80. The fraction of sp³-hybridized carbons (Fsp3) is 0.385. The molecule has 2 aromatic heterocycles. The minimum absolute atomic E-state index is 0.0353. The van der Waals surface area contributed by atoms with E-state index in [4.69, 9.17) is 0 Å². The molecule has 1 atom stereocenters. The highest BCUT2D eigenvalue weighted by atomic mass is 32.2. The van der Waals surface area contributed by atoms with Crippen LogP contribution in [-0.4, -0.2) is 42.3 Å². The Bertz CT molecular complexity index is 800. The standard InChI is InChI=1S/C13H15N5O2S/c1-16-6-4-13(15-16)21(19,20)18-10-3-7-17(9-10)12-8-14-5-2-11(12)18/h2,4-6,8,10H,3,7,9H2,1H3. The van der Waals surface area contributed by atoms with Gasteiger partial charge in [-0.25, -0.2) is 0 Å². The van der Waals surface area contributed by atoms with Crippen molar-refractivity contribution in [3.8, 4) is 0 Å². The smallest absolute Gasteiger partial charge is 0.284 e.